The molecule has 1 N–H and O–H groups in total. The highest BCUT2D eigenvalue weighted by Crippen LogP contribution is 2.27. The van der Waals surface area contributed by atoms with Crippen molar-refractivity contribution in [2.75, 3.05) is 19.7 Å². The van der Waals surface area contributed by atoms with E-state index in [0.717, 1.165) is 32.4 Å². The molecule has 1 saturated heterocycles. The molecule has 1 amide bonds. The molecule has 134 valence electrons. The molecule has 0 unspecified atom stereocenters. The van der Waals surface area contributed by atoms with Crippen molar-refractivity contribution in [3.05, 3.63) is 23.2 Å². The van der Waals surface area contributed by atoms with Crippen LogP contribution in [0.15, 0.2) is 23.1 Å². The van der Waals surface area contributed by atoms with Crippen LogP contribution in [0.5, 0.6) is 5.75 Å². The molecule has 0 aromatic heterocycles. The fourth-order valence-corrected chi connectivity index (χ4v) is 4.09. The number of rotatable bonds is 6. The summed E-state index contributed by atoms with van der Waals surface area (Å²) in [4.78, 5) is 13.9. The summed E-state index contributed by atoms with van der Waals surface area (Å²) in [5.41, 5.74) is 0. The molecule has 2 rings (SSSR count). The van der Waals surface area contributed by atoms with Crippen molar-refractivity contribution < 1.29 is 17.9 Å². The Labute approximate surface area is 148 Å². The minimum atomic E-state index is -3.61. The van der Waals surface area contributed by atoms with Crippen LogP contribution in [-0.4, -0.2) is 45.0 Å². The van der Waals surface area contributed by atoms with Gasteiger partial charge in [0.05, 0.1) is 9.92 Å². The quantitative estimate of drug-likeness (QED) is 0.829. The summed E-state index contributed by atoms with van der Waals surface area (Å²) >= 11 is 6.10. The smallest absolute Gasteiger partial charge is 0.260 e. The van der Waals surface area contributed by atoms with Gasteiger partial charge >= 0.3 is 0 Å². The van der Waals surface area contributed by atoms with Crippen molar-refractivity contribution in [2.45, 2.75) is 44.0 Å². The minimum absolute atomic E-state index is 0.0657. The van der Waals surface area contributed by atoms with Gasteiger partial charge in [0, 0.05) is 19.1 Å². The molecule has 8 heteroatoms. The molecule has 6 nitrogen and oxygen atoms in total. The van der Waals surface area contributed by atoms with Gasteiger partial charge in [-0.1, -0.05) is 11.6 Å². The van der Waals surface area contributed by atoms with Gasteiger partial charge in [-0.05, 0) is 51.3 Å². The van der Waals surface area contributed by atoms with Crippen molar-refractivity contribution in [3.8, 4) is 5.75 Å². The molecule has 0 atom stereocenters. The highest BCUT2D eigenvalue weighted by molar-refractivity contribution is 7.89. The third-order valence-electron chi connectivity index (χ3n) is 3.66. The molecule has 0 bridgehead atoms. The van der Waals surface area contributed by atoms with Gasteiger partial charge < -0.3 is 9.64 Å². The van der Waals surface area contributed by atoms with Crippen LogP contribution in [0.4, 0.5) is 0 Å². The van der Waals surface area contributed by atoms with Crippen molar-refractivity contribution in [1.29, 1.82) is 0 Å². The zero-order valence-electron chi connectivity index (χ0n) is 13.9. The molecule has 1 aliphatic rings. The van der Waals surface area contributed by atoms with Crippen LogP contribution in [0.25, 0.3) is 0 Å². The number of nitrogens with zero attached hydrogens (tertiary/aromatic N) is 1. The number of sulfonamides is 1. The summed E-state index contributed by atoms with van der Waals surface area (Å²) in [6.45, 7) is 4.89. The standard InChI is InChI=1S/C16H23ClN2O4S/c1-12(2)18-24(21,22)13-6-7-15(14(17)10-13)23-11-16(20)19-8-4-3-5-9-19/h6-7,10,12,18H,3-5,8-9,11H2,1-2H3. The molecule has 1 aromatic rings. The fourth-order valence-electron chi connectivity index (χ4n) is 2.52. The number of carbonyl (C=O) groups excluding carboxylic acids is 1. The molecule has 1 aliphatic heterocycles. The molecule has 0 spiro atoms. The summed E-state index contributed by atoms with van der Waals surface area (Å²) in [7, 11) is -3.61. The van der Waals surface area contributed by atoms with Crippen molar-refractivity contribution in [3.63, 3.8) is 0 Å². The van der Waals surface area contributed by atoms with Crippen molar-refractivity contribution >= 4 is 27.5 Å². The molecule has 1 heterocycles. The zero-order valence-corrected chi connectivity index (χ0v) is 15.5. The van der Waals surface area contributed by atoms with Crippen molar-refractivity contribution in [1.82, 2.24) is 9.62 Å². The van der Waals surface area contributed by atoms with Crippen molar-refractivity contribution in [2.24, 2.45) is 0 Å². The summed E-state index contributed by atoms with van der Waals surface area (Å²) in [5.74, 6) is 0.217. The number of carbonyl (C=O) groups is 1. The Morgan fingerprint density at radius 2 is 1.96 bits per heavy atom. The monoisotopic (exact) mass is 374 g/mol. The van der Waals surface area contributed by atoms with E-state index >= 15 is 0 Å². The van der Waals surface area contributed by atoms with E-state index in [1.54, 1.807) is 18.7 Å². The number of amides is 1. The number of benzene rings is 1. The van der Waals surface area contributed by atoms with Gasteiger partial charge in [-0.2, -0.15) is 0 Å². The second-order valence-corrected chi connectivity index (χ2v) is 8.22. The normalized spacial score (nSPS) is 15.6. The number of piperidine rings is 1. The van der Waals surface area contributed by atoms with Gasteiger partial charge in [0.25, 0.3) is 5.91 Å². The first-order chi connectivity index (χ1) is 11.3. The number of nitrogens with one attached hydrogen (secondary N) is 1. The van der Waals surface area contributed by atoms with Crippen LogP contribution >= 0.6 is 11.6 Å². The lowest BCUT2D eigenvalue weighted by molar-refractivity contribution is -0.134. The highest BCUT2D eigenvalue weighted by atomic mass is 35.5. The Kier molecular flexibility index (Phi) is 6.48. The van der Waals surface area contributed by atoms with E-state index in [4.69, 9.17) is 16.3 Å². The van der Waals surface area contributed by atoms with Gasteiger partial charge in [-0.15, -0.1) is 0 Å². The van der Waals surface area contributed by atoms with Gasteiger partial charge in [-0.3, -0.25) is 4.79 Å². The van der Waals surface area contributed by atoms with Crippen LogP contribution < -0.4 is 9.46 Å². The van der Waals surface area contributed by atoms with E-state index in [2.05, 4.69) is 4.72 Å². The summed E-state index contributed by atoms with van der Waals surface area (Å²) < 4.78 is 32.2. The van der Waals surface area contributed by atoms with Crippen LogP contribution in [0, 0.1) is 0 Å². The average molecular weight is 375 g/mol. The fraction of sp³-hybridized carbons (Fsp3) is 0.562. The maximum atomic E-state index is 12.1. The largest absolute Gasteiger partial charge is 0.482 e. The highest BCUT2D eigenvalue weighted by Gasteiger charge is 2.19. The number of hydrogen-bond acceptors (Lipinski definition) is 4. The van der Waals surface area contributed by atoms with E-state index in [9.17, 15) is 13.2 Å². The number of halogens is 1. The molecule has 0 radical (unpaired) electrons. The summed E-state index contributed by atoms with van der Waals surface area (Å²) in [5, 5.41) is 0.160. The first-order valence-electron chi connectivity index (χ1n) is 8.02. The van der Waals surface area contributed by atoms with Gasteiger partial charge in [0.15, 0.2) is 6.61 Å². The Bertz CT molecular complexity index is 685. The molecular weight excluding hydrogens is 352 g/mol. The molecule has 1 fully saturated rings. The van der Waals surface area contributed by atoms with E-state index in [0.29, 0.717) is 5.75 Å². The Morgan fingerprint density at radius 3 is 2.54 bits per heavy atom. The van der Waals surface area contributed by atoms with Crippen LogP contribution in [0.3, 0.4) is 0 Å². The predicted molar refractivity (Wildman–Crippen MR) is 92.8 cm³/mol. The first kappa shape index (κ1) is 19.0. The topological polar surface area (TPSA) is 75.7 Å². The maximum absolute atomic E-state index is 12.1. The Hall–Kier alpha value is -1.31. The van der Waals surface area contributed by atoms with Gasteiger partial charge in [0.2, 0.25) is 10.0 Å². The third kappa shape index (κ3) is 5.09. The van der Waals surface area contributed by atoms with E-state index in [-0.39, 0.29) is 28.5 Å². The number of hydrogen-bond donors (Lipinski definition) is 1. The number of ether oxygens (including phenoxy) is 1. The van der Waals surface area contributed by atoms with Crippen LogP contribution in [0.2, 0.25) is 5.02 Å². The SMILES string of the molecule is CC(C)NS(=O)(=O)c1ccc(OCC(=O)N2CCCCC2)c(Cl)c1. The predicted octanol–water partition coefficient (Wildman–Crippen LogP) is 2.42. The lowest BCUT2D eigenvalue weighted by atomic mass is 10.1. The van der Waals surface area contributed by atoms with Crippen LogP contribution in [-0.2, 0) is 14.8 Å². The lowest BCUT2D eigenvalue weighted by Gasteiger charge is -2.26. The second kappa shape index (κ2) is 8.18. The average Bonchev–Trinajstić information content (AvgIpc) is 2.53. The molecule has 0 saturated carbocycles. The first-order valence-corrected chi connectivity index (χ1v) is 9.88. The summed E-state index contributed by atoms with van der Waals surface area (Å²) in [6.07, 6.45) is 3.18. The van der Waals surface area contributed by atoms with E-state index in [1.165, 1.54) is 18.2 Å². The van der Waals surface area contributed by atoms with E-state index in [1.807, 2.05) is 0 Å². The summed E-state index contributed by atoms with van der Waals surface area (Å²) in [6, 6.07) is 4.00. The number of likely N-dealkylation sites (tertiary alicyclic amines) is 1. The maximum Gasteiger partial charge on any atom is 0.260 e. The van der Waals surface area contributed by atoms with E-state index < -0.39 is 10.0 Å². The molecule has 1 aromatic carbocycles. The molecular formula is C16H23ClN2O4S. The lowest BCUT2D eigenvalue weighted by Crippen LogP contribution is -2.38. The molecule has 24 heavy (non-hydrogen) atoms. The van der Waals surface area contributed by atoms with Gasteiger partial charge in [-0.25, -0.2) is 13.1 Å². The Morgan fingerprint density at radius 1 is 1.29 bits per heavy atom. The van der Waals surface area contributed by atoms with Crippen LogP contribution in [0.1, 0.15) is 33.1 Å². The second-order valence-electron chi connectivity index (χ2n) is 6.10. The van der Waals surface area contributed by atoms with Gasteiger partial charge in [0.1, 0.15) is 5.75 Å². The zero-order chi connectivity index (χ0) is 17.7. The minimum Gasteiger partial charge on any atom is -0.482 e. The Balaban J connectivity index is 2.01. The molecule has 0 aliphatic carbocycles. The third-order valence-corrected chi connectivity index (χ3v) is 5.62.